The number of epoxide rings is 1. The van der Waals surface area contributed by atoms with Crippen LogP contribution in [0.25, 0.3) is 0 Å². The molecule has 1 N–H and O–H groups in total. The highest BCUT2D eigenvalue weighted by Gasteiger charge is 2.67. The summed E-state index contributed by atoms with van der Waals surface area (Å²) in [6.45, 7) is 12.4. The van der Waals surface area contributed by atoms with E-state index < -0.39 is 0 Å². The lowest BCUT2D eigenvalue weighted by molar-refractivity contribution is -0.00548. The third kappa shape index (κ3) is 2.96. The monoisotopic (exact) mass is 386 g/mol. The summed E-state index contributed by atoms with van der Waals surface area (Å²) in [6, 6.07) is 0. The molecule has 28 heavy (non-hydrogen) atoms. The lowest BCUT2D eigenvalue weighted by atomic mass is 9.51. The lowest BCUT2D eigenvalue weighted by Gasteiger charge is -2.53. The Kier molecular flexibility index (Phi) is 4.43. The van der Waals surface area contributed by atoms with Gasteiger partial charge in [0.25, 0.3) is 0 Å². The zero-order valence-electron chi connectivity index (χ0n) is 18.6. The van der Waals surface area contributed by atoms with Crippen LogP contribution < -0.4 is 0 Å². The van der Waals surface area contributed by atoms with E-state index in [1.165, 1.54) is 70.6 Å². The maximum atomic E-state index is 9.23. The predicted octanol–water partition coefficient (Wildman–Crippen LogP) is 6.28. The van der Waals surface area contributed by atoms with E-state index in [1.807, 2.05) is 0 Å². The van der Waals surface area contributed by atoms with E-state index in [0.29, 0.717) is 29.0 Å². The molecule has 5 fully saturated rings. The summed E-state index contributed by atoms with van der Waals surface area (Å²) in [5, 5.41) is 9.23. The summed E-state index contributed by atoms with van der Waals surface area (Å²) < 4.78 is 6.56. The molecule has 2 nitrogen and oxygen atoms in total. The number of fused-ring (bicyclic) bond motifs is 3. The van der Waals surface area contributed by atoms with Crippen LogP contribution >= 0.6 is 0 Å². The standard InChI is InChI=1S/C26H42O2/c1-18-14-26(12-11-25(17-26)10-7-19(15-25)6-5-13-27)22-24(4,28-22)9-8-21-20(18)16-23(21,2)3/h19-22,27H,1,5-17H2,2-4H3/t19-,20+,21+,22+,24+,25-,26-/m0/s1. The Bertz CT molecular complexity index is 653. The van der Waals surface area contributed by atoms with Crippen LogP contribution in [0.2, 0.25) is 0 Å². The number of aliphatic hydroxyl groups excluding tert-OH is 1. The second-order valence-corrected chi connectivity index (χ2v) is 12.6. The van der Waals surface area contributed by atoms with Gasteiger partial charge in [-0.15, -0.1) is 0 Å². The minimum atomic E-state index is 0.140. The van der Waals surface area contributed by atoms with E-state index in [1.54, 1.807) is 5.57 Å². The van der Waals surface area contributed by atoms with Gasteiger partial charge in [-0.1, -0.05) is 26.0 Å². The fourth-order valence-electron chi connectivity index (χ4n) is 8.73. The molecule has 4 saturated carbocycles. The number of ether oxygens (including phenoxy) is 1. The minimum absolute atomic E-state index is 0.140. The second-order valence-electron chi connectivity index (χ2n) is 12.6. The number of rotatable bonds is 3. The number of allylic oxidation sites excluding steroid dienone is 1. The van der Waals surface area contributed by atoms with Crippen molar-refractivity contribution < 1.29 is 9.84 Å². The molecule has 0 radical (unpaired) electrons. The van der Waals surface area contributed by atoms with Gasteiger partial charge in [-0.2, -0.15) is 0 Å². The molecule has 5 aliphatic rings. The molecule has 0 bridgehead atoms. The first-order valence-electron chi connectivity index (χ1n) is 12.2. The Morgan fingerprint density at radius 1 is 1.07 bits per heavy atom. The van der Waals surface area contributed by atoms with Gasteiger partial charge >= 0.3 is 0 Å². The average Bonchev–Trinajstić information content (AvgIpc) is 2.99. The molecular weight excluding hydrogens is 344 g/mol. The molecule has 0 aromatic heterocycles. The van der Waals surface area contributed by atoms with E-state index in [0.717, 1.165) is 24.2 Å². The van der Waals surface area contributed by atoms with E-state index in [9.17, 15) is 5.11 Å². The fourth-order valence-corrected chi connectivity index (χ4v) is 8.73. The molecule has 5 rings (SSSR count). The molecule has 1 saturated heterocycles. The van der Waals surface area contributed by atoms with Crippen LogP contribution in [0.3, 0.4) is 0 Å². The molecule has 0 aromatic rings. The zero-order chi connectivity index (χ0) is 19.8. The van der Waals surface area contributed by atoms with E-state index in [2.05, 4.69) is 27.4 Å². The zero-order valence-corrected chi connectivity index (χ0v) is 18.6. The van der Waals surface area contributed by atoms with Crippen LogP contribution in [0.1, 0.15) is 97.8 Å². The van der Waals surface area contributed by atoms with Crippen LogP contribution in [-0.2, 0) is 4.74 Å². The third-order valence-electron chi connectivity index (χ3n) is 10.2. The Morgan fingerprint density at radius 2 is 1.89 bits per heavy atom. The molecule has 0 aromatic carbocycles. The van der Waals surface area contributed by atoms with Crippen molar-refractivity contribution >= 4 is 0 Å². The molecular formula is C26H42O2. The Hall–Kier alpha value is -0.340. The van der Waals surface area contributed by atoms with Crippen molar-refractivity contribution in [3.05, 3.63) is 12.2 Å². The third-order valence-corrected chi connectivity index (χ3v) is 10.2. The Morgan fingerprint density at radius 3 is 2.64 bits per heavy atom. The number of hydrogen-bond acceptors (Lipinski definition) is 2. The summed E-state index contributed by atoms with van der Waals surface area (Å²) in [4.78, 5) is 0. The molecule has 0 unspecified atom stereocenters. The quantitative estimate of drug-likeness (QED) is 0.457. The van der Waals surface area contributed by atoms with E-state index in [-0.39, 0.29) is 5.60 Å². The molecule has 1 aliphatic heterocycles. The molecule has 0 amide bonds. The van der Waals surface area contributed by atoms with Crippen molar-refractivity contribution in [3.63, 3.8) is 0 Å². The summed E-state index contributed by atoms with van der Waals surface area (Å²) in [5.74, 6) is 2.44. The summed E-state index contributed by atoms with van der Waals surface area (Å²) in [5.41, 5.74) is 3.14. The number of aliphatic hydroxyl groups is 1. The van der Waals surface area contributed by atoms with Crippen molar-refractivity contribution in [1.82, 2.24) is 0 Å². The van der Waals surface area contributed by atoms with Crippen LogP contribution in [0.5, 0.6) is 0 Å². The van der Waals surface area contributed by atoms with Gasteiger partial charge in [0.1, 0.15) is 0 Å². The average molecular weight is 387 g/mol. The van der Waals surface area contributed by atoms with Gasteiger partial charge in [0.2, 0.25) is 0 Å². The Labute approximate surface area is 172 Å². The Balaban J connectivity index is 1.36. The van der Waals surface area contributed by atoms with Gasteiger partial charge in [0.05, 0.1) is 11.7 Å². The van der Waals surface area contributed by atoms with Crippen molar-refractivity contribution in [2.45, 2.75) is 110 Å². The van der Waals surface area contributed by atoms with E-state index in [4.69, 9.17) is 4.74 Å². The van der Waals surface area contributed by atoms with Gasteiger partial charge < -0.3 is 9.84 Å². The predicted molar refractivity (Wildman–Crippen MR) is 114 cm³/mol. The topological polar surface area (TPSA) is 32.8 Å². The lowest BCUT2D eigenvalue weighted by Crippen LogP contribution is -2.45. The minimum Gasteiger partial charge on any atom is -0.396 e. The molecule has 158 valence electrons. The van der Waals surface area contributed by atoms with Crippen molar-refractivity contribution in [2.24, 2.45) is 34.0 Å². The first-order valence-corrected chi connectivity index (χ1v) is 12.2. The molecule has 2 spiro atoms. The largest absolute Gasteiger partial charge is 0.396 e. The highest BCUT2D eigenvalue weighted by atomic mass is 16.6. The van der Waals surface area contributed by atoms with Gasteiger partial charge in [0.15, 0.2) is 0 Å². The molecule has 1 heterocycles. The van der Waals surface area contributed by atoms with Gasteiger partial charge in [-0.25, -0.2) is 0 Å². The molecule has 7 atom stereocenters. The highest BCUT2D eigenvalue weighted by Crippen LogP contribution is 2.70. The van der Waals surface area contributed by atoms with Gasteiger partial charge in [-0.05, 0) is 113 Å². The smallest absolute Gasteiger partial charge is 0.0930 e. The van der Waals surface area contributed by atoms with Crippen LogP contribution in [0, 0.1) is 34.0 Å². The van der Waals surface area contributed by atoms with Crippen LogP contribution in [-0.4, -0.2) is 23.4 Å². The van der Waals surface area contributed by atoms with Gasteiger partial charge in [-0.3, -0.25) is 0 Å². The summed E-state index contributed by atoms with van der Waals surface area (Å²) >= 11 is 0. The number of hydrogen-bond donors (Lipinski definition) is 1. The first kappa shape index (κ1) is 19.6. The molecule has 4 aliphatic carbocycles. The summed E-state index contributed by atoms with van der Waals surface area (Å²) in [7, 11) is 0. The van der Waals surface area contributed by atoms with Crippen molar-refractivity contribution in [1.29, 1.82) is 0 Å². The second kappa shape index (κ2) is 6.33. The summed E-state index contributed by atoms with van der Waals surface area (Å²) in [6.07, 6.45) is 16.2. The molecule has 2 heteroatoms. The first-order chi connectivity index (χ1) is 13.2. The van der Waals surface area contributed by atoms with Crippen molar-refractivity contribution in [3.8, 4) is 0 Å². The highest BCUT2D eigenvalue weighted by molar-refractivity contribution is 5.23. The maximum absolute atomic E-state index is 9.23. The van der Waals surface area contributed by atoms with Crippen LogP contribution in [0.4, 0.5) is 0 Å². The fraction of sp³-hybridized carbons (Fsp3) is 0.923. The van der Waals surface area contributed by atoms with Crippen LogP contribution in [0.15, 0.2) is 12.2 Å². The maximum Gasteiger partial charge on any atom is 0.0930 e. The van der Waals surface area contributed by atoms with E-state index >= 15 is 0 Å². The van der Waals surface area contributed by atoms with Gasteiger partial charge in [0, 0.05) is 12.0 Å². The van der Waals surface area contributed by atoms with Crippen molar-refractivity contribution in [2.75, 3.05) is 6.61 Å². The SMILES string of the molecule is C=C1C[C@]2(CC[C@]3(CC[C@H](CCCO)C3)C2)[C@@H]2O[C@]2(C)CC[C@@H]2[C@@H]1CC2(C)C. The normalized spacial score (nSPS) is 51.9.